The van der Waals surface area contributed by atoms with Gasteiger partial charge in [-0.15, -0.1) is 0 Å². The maximum atomic E-state index is 12.3. The van der Waals surface area contributed by atoms with Gasteiger partial charge < -0.3 is 20.5 Å². The van der Waals surface area contributed by atoms with Crippen molar-refractivity contribution >= 4 is 23.5 Å². The lowest BCUT2D eigenvalue weighted by Crippen LogP contribution is -2.42. The van der Waals surface area contributed by atoms with Gasteiger partial charge in [-0.1, -0.05) is 42.5 Å². The van der Waals surface area contributed by atoms with E-state index in [0.29, 0.717) is 11.3 Å². The van der Waals surface area contributed by atoms with Crippen molar-refractivity contribution in [3.63, 3.8) is 0 Å². The first-order valence-electron chi connectivity index (χ1n) is 8.44. The molecular formula is C20H22N2O5. The van der Waals surface area contributed by atoms with Crippen molar-refractivity contribution in [2.75, 3.05) is 12.8 Å². The minimum Gasteiger partial charge on any atom is -0.467 e. The van der Waals surface area contributed by atoms with Gasteiger partial charge in [0.25, 0.3) is 0 Å². The number of alkyl carbamates (subject to hydrolysis) is 1. The summed E-state index contributed by atoms with van der Waals surface area (Å²) in [7, 11) is 1.21. The predicted molar refractivity (Wildman–Crippen MR) is 100.0 cm³/mol. The number of nitrogen functional groups attached to an aromatic ring is 1. The molecule has 0 aliphatic carbocycles. The lowest BCUT2D eigenvalue weighted by Gasteiger charge is -2.16. The fraction of sp³-hybridized carbons (Fsp3) is 0.250. The first kappa shape index (κ1) is 20.0. The SMILES string of the molecule is COC(=O)C(CCC(=O)c1ccccc1N)NC(=O)OCc1ccccc1. The maximum Gasteiger partial charge on any atom is 0.408 e. The second-order valence-corrected chi connectivity index (χ2v) is 5.83. The molecule has 27 heavy (non-hydrogen) atoms. The van der Waals surface area contributed by atoms with Crippen LogP contribution in [0.2, 0.25) is 0 Å². The predicted octanol–water partition coefficient (Wildman–Crippen LogP) is 2.70. The number of rotatable bonds is 8. The molecule has 1 unspecified atom stereocenters. The normalized spacial score (nSPS) is 11.3. The third-order valence-corrected chi connectivity index (χ3v) is 3.91. The number of para-hydroxylation sites is 1. The average Bonchev–Trinajstić information content (AvgIpc) is 2.69. The largest absolute Gasteiger partial charge is 0.467 e. The highest BCUT2D eigenvalue weighted by Gasteiger charge is 2.24. The molecule has 2 aromatic rings. The van der Waals surface area contributed by atoms with Crippen LogP contribution in [0, 0.1) is 0 Å². The Kier molecular flexibility index (Phi) is 7.37. The highest BCUT2D eigenvalue weighted by Crippen LogP contribution is 2.15. The minimum atomic E-state index is -0.993. The Morgan fingerprint density at radius 3 is 2.37 bits per heavy atom. The van der Waals surface area contributed by atoms with E-state index in [4.69, 9.17) is 15.2 Å². The Balaban J connectivity index is 1.90. The van der Waals surface area contributed by atoms with Gasteiger partial charge in [-0.25, -0.2) is 9.59 Å². The number of ketones is 1. The van der Waals surface area contributed by atoms with Gasteiger partial charge in [-0.2, -0.15) is 0 Å². The number of benzene rings is 2. The molecule has 0 aliphatic heterocycles. The van der Waals surface area contributed by atoms with Crippen molar-refractivity contribution in [1.82, 2.24) is 5.32 Å². The second kappa shape index (κ2) is 9.96. The number of anilines is 1. The molecule has 0 heterocycles. The zero-order valence-electron chi connectivity index (χ0n) is 15.0. The smallest absolute Gasteiger partial charge is 0.408 e. The zero-order valence-corrected chi connectivity index (χ0v) is 15.0. The van der Waals surface area contributed by atoms with Crippen molar-refractivity contribution in [2.24, 2.45) is 0 Å². The van der Waals surface area contributed by atoms with Gasteiger partial charge in [0, 0.05) is 17.7 Å². The highest BCUT2D eigenvalue weighted by molar-refractivity contribution is 6.01. The van der Waals surface area contributed by atoms with E-state index < -0.39 is 18.1 Å². The molecule has 3 N–H and O–H groups in total. The molecule has 0 aliphatic rings. The number of methoxy groups -OCH3 is 1. The van der Waals surface area contributed by atoms with Crippen molar-refractivity contribution in [2.45, 2.75) is 25.5 Å². The standard InChI is InChI=1S/C20H22N2O5/c1-26-19(24)17(11-12-18(23)15-9-5-6-10-16(15)21)22-20(25)27-13-14-7-3-2-4-8-14/h2-10,17H,11-13,21H2,1H3,(H,22,25). The number of hydrogen-bond donors (Lipinski definition) is 2. The van der Waals surface area contributed by atoms with Gasteiger partial charge in [0.2, 0.25) is 0 Å². The molecule has 7 heteroatoms. The van der Waals surface area contributed by atoms with Crippen LogP contribution in [-0.4, -0.2) is 31.0 Å². The van der Waals surface area contributed by atoms with Gasteiger partial charge in [0.1, 0.15) is 12.6 Å². The van der Waals surface area contributed by atoms with Crippen molar-refractivity contribution in [3.05, 3.63) is 65.7 Å². The van der Waals surface area contributed by atoms with Crippen LogP contribution < -0.4 is 11.1 Å². The van der Waals surface area contributed by atoms with Gasteiger partial charge in [0.05, 0.1) is 7.11 Å². The van der Waals surface area contributed by atoms with Crippen LogP contribution in [0.4, 0.5) is 10.5 Å². The molecular weight excluding hydrogens is 348 g/mol. The summed E-state index contributed by atoms with van der Waals surface area (Å²) in [5, 5.41) is 2.44. The molecule has 0 aromatic heterocycles. The Morgan fingerprint density at radius 2 is 1.70 bits per heavy atom. The lowest BCUT2D eigenvalue weighted by molar-refractivity contribution is -0.143. The van der Waals surface area contributed by atoms with E-state index in [-0.39, 0.29) is 25.2 Å². The van der Waals surface area contributed by atoms with Crippen LogP contribution in [0.3, 0.4) is 0 Å². The summed E-state index contributed by atoms with van der Waals surface area (Å²) in [5.41, 5.74) is 7.35. The van der Waals surface area contributed by atoms with E-state index in [1.807, 2.05) is 30.3 Å². The number of nitrogens with one attached hydrogen (secondary N) is 1. The number of esters is 1. The van der Waals surface area contributed by atoms with E-state index in [9.17, 15) is 14.4 Å². The molecule has 2 rings (SSSR count). The fourth-order valence-electron chi connectivity index (χ4n) is 2.46. The van der Waals surface area contributed by atoms with Crippen molar-refractivity contribution < 1.29 is 23.9 Å². The molecule has 0 saturated heterocycles. The van der Waals surface area contributed by atoms with Crippen LogP contribution >= 0.6 is 0 Å². The molecule has 1 amide bonds. The minimum absolute atomic E-state index is 0.0208. The van der Waals surface area contributed by atoms with E-state index in [1.54, 1.807) is 24.3 Å². The average molecular weight is 370 g/mol. The maximum absolute atomic E-state index is 12.3. The Labute approximate surface area is 157 Å². The summed E-state index contributed by atoms with van der Waals surface area (Å²) < 4.78 is 9.79. The van der Waals surface area contributed by atoms with Crippen LogP contribution in [0.25, 0.3) is 0 Å². The Bertz CT molecular complexity index is 792. The Morgan fingerprint density at radius 1 is 1.04 bits per heavy atom. The van der Waals surface area contributed by atoms with Crippen molar-refractivity contribution in [3.8, 4) is 0 Å². The number of ether oxygens (including phenoxy) is 2. The first-order valence-corrected chi connectivity index (χ1v) is 8.44. The number of hydrogen-bond acceptors (Lipinski definition) is 6. The lowest BCUT2D eigenvalue weighted by atomic mass is 10.0. The third-order valence-electron chi connectivity index (χ3n) is 3.91. The molecule has 0 radical (unpaired) electrons. The summed E-state index contributed by atoms with van der Waals surface area (Å²) >= 11 is 0. The van der Waals surface area contributed by atoms with Crippen LogP contribution in [0.15, 0.2) is 54.6 Å². The number of nitrogens with two attached hydrogens (primary N) is 1. The fourth-order valence-corrected chi connectivity index (χ4v) is 2.46. The van der Waals surface area contributed by atoms with E-state index in [1.165, 1.54) is 7.11 Å². The van der Waals surface area contributed by atoms with Crippen molar-refractivity contribution in [1.29, 1.82) is 0 Å². The zero-order chi connectivity index (χ0) is 19.6. The molecule has 7 nitrogen and oxygen atoms in total. The Hall–Kier alpha value is -3.35. The molecule has 0 saturated carbocycles. The van der Waals surface area contributed by atoms with E-state index >= 15 is 0 Å². The number of carbonyl (C=O) groups is 3. The monoisotopic (exact) mass is 370 g/mol. The summed E-state index contributed by atoms with van der Waals surface area (Å²) in [6, 6.07) is 14.8. The van der Waals surface area contributed by atoms with Gasteiger partial charge in [-0.3, -0.25) is 4.79 Å². The first-order chi connectivity index (χ1) is 13.0. The number of Topliss-reactive ketones (excluding diaryl/α,β-unsaturated/α-hetero) is 1. The van der Waals surface area contributed by atoms with E-state index in [0.717, 1.165) is 5.56 Å². The summed E-state index contributed by atoms with van der Waals surface area (Å²) in [6.07, 6.45) is -0.673. The van der Waals surface area contributed by atoms with E-state index in [2.05, 4.69) is 5.32 Å². The molecule has 0 fully saturated rings. The number of amides is 1. The van der Waals surface area contributed by atoms with Gasteiger partial charge >= 0.3 is 12.1 Å². The highest BCUT2D eigenvalue weighted by atomic mass is 16.6. The summed E-state index contributed by atoms with van der Waals surface area (Å²) in [4.78, 5) is 36.2. The van der Waals surface area contributed by atoms with Crippen LogP contribution in [0.1, 0.15) is 28.8 Å². The molecule has 0 spiro atoms. The quantitative estimate of drug-likeness (QED) is 0.420. The molecule has 1 atom stereocenters. The van der Waals surface area contributed by atoms with Gasteiger partial charge in [-0.05, 0) is 24.1 Å². The molecule has 142 valence electrons. The van der Waals surface area contributed by atoms with Gasteiger partial charge in [0.15, 0.2) is 5.78 Å². The molecule has 2 aromatic carbocycles. The van der Waals surface area contributed by atoms with Crippen LogP contribution in [-0.2, 0) is 20.9 Å². The molecule has 0 bridgehead atoms. The summed E-state index contributed by atoms with van der Waals surface area (Å²) in [5.74, 6) is -0.873. The number of carbonyl (C=O) groups excluding carboxylic acids is 3. The third kappa shape index (κ3) is 6.14. The second-order valence-electron chi connectivity index (χ2n) is 5.83. The van der Waals surface area contributed by atoms with Crippen LogP contribution in [0.5, 0.6) is 0 Å². The topological polar surface area (TPSA) is 108 Å². The summed E-state index contributed by atoms with van der Waals surface area (Å²) in [6.45, 7) is 0.0695.